The second-order valence-electron chi connectivity index (χ2n) is 3.88. The van der Waals surface area contributed by atoms with Gasteiger partial charge in [0.1, 0.15) is 12.4 Å². The summed E-state index contributed by atoms with van der Waals surface area (Å²) >= 11 is 0. The van der Waals surface area contributed by atoms with E-state index in [9.17, 15) is 9.59 Å². The molecule has 1 aliphatic rings. The number of hydrogen-bond acceptors (Lipinski definition) is 3. The van der Waals surface area contributed by atoms with Gasteiger partial charge in [0.25, 0.3) is 0 Å². The zero-order valence-corrected chi connectivity index (χ0v) is 9.74. The summed E-state index contributed by atoms with van der Waals surface area (Å²) < 4.78 is 5.48. The molecule has 0 aromatic heterocycles. The molecule has 88 valence electrons. The second kappa shape index (κ2) is 4.41. The molecule has 2 rings (SSSR count). The first kappa shape index (κ1) is 11.4. The van der Waals surface area contributed by atoms with Gasteiger partial charge in [0, 0.05) is 12.5 Å². The molecule has 1 N–H and O–H groups in total. The van der Waals surface area contributed by atoms with E-state index >= 15 is 0 Å². The summed E-state index contributed by atoms with van der Waals surface area (Å²) in [5.41, 5.74) is 1.81. The Morgan fingerprint density at radius 2 is 1.94 bits per heavy atom. The van der Waals surface area contributed by atoms with Gasteiger partial charge in [0.05, 0.1) is 11.3 Å². The quantitative estimate of drug-likeness (QED) is 0.839. The predicted molar refractivity (Wildman–Crippen MR) is 63.4 cm³/mol. The normalized spacial score (nSPS) is 13.8. The van der Waals surface area contributed by atoms with Crippen molar-refractivity contribution in [2.45, 2.75) is 13.8 Å². The Bertz CT molecular complexity index is 517. The van der Waals surface area contributed by atoms with E-state index in [-0.39, 0.29) is 18.3 Å². The highest BCUT2D eigenvalue weighted by Gasteiger charge is 2.23. The van der Waals surface area contributed by atoms with Crippen LogP contribution in [0.15, 0.2) is 29.8 Å². The molecule has 17 heavy (non-hydrogen) atoms. The van der Waals surface area contributed by atoms with Crippen molar-refractivity contribution in [1.82, 2.24) is 5.32 Å². The van der Waals surface area contributed by atoms with Crippen molar-refractivity contribution in [3.05, 3.63) is 35.4 Å². The summed E-state index contributed by atoms with van der Waals surface area (Å²) in [6.45, 7) is 3.08. The molecule has 1 aliphatic heterocycles. The largest absolute Gasteiger partial charge is 0.488 e. The minimum atomic E-state index is -0.199. The highest BCUT2D eigenvalue weighted by atomic mass is 16.5. The molecule has 0 aliphatic carbocycles. The minimum absolute atomic E-state index is 0.0942. The van der Waals surface area contributed by atoms with Gasteiger partial charge >= 0.3 is 0 Å². The number of rotatable bonds is 2. The zero-order valence-electron chi connectivity index (χ0n) is 9.74. The SMILES string of the molecule is CC(=O)NC1=C(C(C)=O)COc2ccccc21. The van der Waals surface area contributed by atoms with Gasteiger partial charge in [0.2, 0.25) is 5.91 Å². The third-order valence-corrected chi connectivity index (χ3v) is 2.56. The first-order chi connectivity index (χ1) is 8.09. The Balaban J connectivity index is 2.55. The number of nitrogens with one attached hydrogen (secondary N) is 1. The van der Waals surface area contributed by atoms with E-state index in [1.165, 1.54) is 13.8 Å². The maximum atomic E-state index is 11.5. The molecule has 0 radical (unpaired) electrons. The lowest BCUT2D eigenvalue weighted by Gasteiger charge is -2.22. The van der Waals surface area contributed by atoms with Crippen LogP contribution in [0, 0.1) is 0 Å². The summed E-state index contributed by atoms with van der Waals surface area (Å²) in [5.74, 6) is 0.389. The van der Waals surface area contributed by atoms with Crippen LogP contribution in [0.1, 0.15) is 19.4 Å². The van der Waals surface area contributed by atoms with Crippen LogP contribution in [0.3, 0.4) is 0 Å². The number of hydrogen-bond donors (Lipinski definition) is 1. The number of Topliss-reactive ketones (excluding diaryl/α,β-unsaturated/α-hetero) is 1. The lowest BCUT2D eigenvalue weighted by atomic mass is 10.0. The Morgan fingerprint density at radius 3 is 2.59 bits per heavy atom. The van der Waals surface area contributed by atoms with Gasteiger partial charge in [-0.1, -0.05) is 12.1 Å². The lowest BCUT2D eigenvalue weighted by molar-refractivity contribution is -0.117. The van der Waals surface area contributed by atoms with Crippen molar-refractivity contribution in [3.8, 4) is 5.75 Å². The molecule has 1 amide bonds. The fourth-order valence-electron chi connectivity index (χ4n) is 1.78. The maximum Gasteiger partial charge on any atom is 0.221 e. The maximum absolute atomic E-state index is 11.5. The monoisotopic (exact) mass is 231 g/mol. The summed E-state index contributed by atoms with van der Waals surface area (Å²) in [6, 6.07) is 7.33. The van der Waals surface area contributed by atoms with Gasteiger partial charge in [-0.3, -0.25) is 9.59 Å². The Morgan fingerprint density at radius 1 is 1.24 bits per heavy atom. The van der Waals surface area contributed by atoms with Crippen LogP contribution in [0.5, 0.6) is 5.75 Å². The zero-order chi connectivity index (χ0) is 12.4. The molecule has 0 spiro atoms. The number of carbonyl (C=O) groups is 2. The molecule has 1 heterocycles. The fourth-order valence-corrected chi connectivity index (χ4v) is 1.78. The lowest BCUT2D eigenvalue weighted by Crippen LogP contribution is -2.26. The predicted octanol–water partition coefficient (Wildman–Crippen LogP) is 1.52. The molecule has 0 saturated carbocycles. The number of fused-ring (bicyclic) bond motifs is 1. The molecular weight excluding hydrogens is 218 g/mol. The molecule has 0 atom stereocenters. The average Bonchev–Trinajstić information content (AvgIpc) is 2.28. The molecule has 1 aromatic rings. The number of ether oxygens (including phenoxy) is 1. The van der Waals surface area contributed by atoms with E-state index in [2.05, 4.69) is 5.32 Å². The van der Waals surface area contributed by atoms with E-state index in [4.69, 9.17) is 4.74 Å². The van der Waals surface area contributed by atoms with E-state index in [1.807, 2.05) is 24.3 Å². The van der Waals surface area contributed by atoms with Crippen LogP contribution < -0.4 is 10.1 Å². The molecule has 4 heteroatoms. The van der Waals surface area contributed by atoms with Crippen molar-refractivity contribution in [1.29, 1.82) is 0 Å². The first-order valence-electron chi connectivity index (χ1n) is 5.33. The van der Waals surface area contributed by atoms with Crippen LogP contribution >= 0.6 is 0 Å². The standard InChI is InChI=1S/C13H13NO3/c1-8(15)11-7-17-12-6-4-3-5-10(12)13(11)14-9(2)16/h3-6H,7H2,1-2H3,(H,14,16). The minimum Gasteiger partial charge on any atom is -0.488 e. The van der Waals surface area contributed by atoms with Gasteiger partial charge < -0.3 is 10.1 Å². The summed E-state index contributed by atoms with van der Waals surface area (Å²) in [7, 11) is 0. The summed E-state index contributed by atoms with van der Waals surface area (Å²) in [4.78, 5) is 22.7. The number of benzene rings is 1. The smallest absolute Gasteiger partial charge is 0.221 e. The van der Waals surface area contributed by atoms with Crippen LogP contribution in [0.4, 0.5) is 0 Å². The molecule has 1 aromatic carbocycles. The van der Waals surface area contributed by atoms with Gasteiger partial charge in [0.15, 0.2) is 5.78 Å². The van der Waals surface area contributed by atoms with E-state index < -0.39 is 0 Å². The molecule has 0 bridgehead atoms. The number of para-hydroxylation sites is 1. The third kappa shape index (κ3) is 2.20. The van der Waals surface area contributed by atoms with Gasteiger partial charge in [-0.15, -0.1) is 0 Å². The van der Waals surface area contributed by atoms with Crippen LogP contribution in [-0.2, 0) is 9.59 Å². The van der Waals surface area contributed by atoms with Crippen molar-refractivity contribution >= 4 is 17.4 Å². The van der Waals surface area contributed by atoms with E-state index in [0.29, 0.717) is 17.0 Å². The van der Waals surface area contributed by atoms with Gasteiger partial charge in [-0.05, 0) is 19.1 Å². The van der Waals surface area contributed by atoms with Crippen molar-refractivity contribution in [2.24, 2.45) is 0 Å². The molecule has 4 nitrogen and oxygen atoms in total. The Labute approximate surface area is 99.3 Å². The van der Waals surface area contributed by atoms with Crippen molar-refractivity contribution in [2.75, 3.05) is 6.61 Å². The van der Waals surface area contributed by atoms with Gasteiger partial charge in [-0.25, -0.2) is 0 Å². The Kier molecular flexibility index (Phi) is 2.95. The number of ketones is 1. The molecule has 0 saturated heterocycles. The highest BCUT2D eigenvalue weighted by Crippen LogP contribution is 2.31. The van der Waals surface area contributed by atoms with Crippen LogP contribution in [0.25, 0.3) is 5.70 Å². The molecule has 0 unspecified atom stereocenters. The van der Waals surface area contributed by atoms with E-state index in [0.717, 1.165) is 5.56 Å². The summed E-state index contributed by atoms with van der Waals surface area (Å²) in [6.07, 6.45) is 0. The van der Waals surface area contributed by atoms with Crippen LogP contribution in [-0.4, -0.2) is 18.3 Å². The van der Waals surface area contributed by atoms with Gasteiger partial charge in [-0.2, -0.15) is 0 Å². The highest BCUT2D eigenvalue weighted by molar-refractivity contribution is 6.04. The van der Waals surface area contributed by atoms with Crippen LogP contribution in [0.2, 0.25) is 0 Å². The average molecular weight is 231 g/mol. The summed E-state index contributed by atoms with van der Waals surface area (Å²) in [5, 5.41) is 2.71. The topological polar surface area (TPSA) is 55.4 Å². The van der Waals surface area contributed by atoms with E-state index in [1.54, 1.807) is 0 Å². The third-order valence-electron chi connectivity index (χ3n) is 2.56. The number of carbonyl (C=O) groups excluding carboxylic acids is 2. The number of amides is 1. The Hall–Kier alpha value is -2.10. The second-order valence-corrected chi connectivity index (χ2v) is 3.88. The van der Waals surface area contributed by atoms with Crippen molar-refractivity contribution in [3.63, 3.8) is 0 Å². The fraction of sp³-hybridized carbons (Fsp3) is 0.231. The van der Waals surface area contributed by atoms with Crippen molar-refractivity contribution < 1.29 is 14.3 Å². The first-order valence-corrected chi connectivity index (χ1v) is 5.33. The molecule has 0 fully saturated rings. The molecular formula is C13H13NO3.